The van der Waals surface area contributed by atoms with Gasteiger partial charge >= 0.3 is 0 Å². The normalized spacial score (nSPS) is 10.9. The second kappa shape index (κ2) is 10.1. The average molecular weight is 476 g/mol. The van der Waals surface area contributed by atoms with E-state index >= 15 is 0 Å². The minimum absolute atomic E-state index is 0.152. The lowest BCUT2D eigenvalue weighted by atomic mass is 10.1. The summed E-state index contributed by atoms with van der Waals surface area (Å²) in [5, 5.41) is 5.55. The van der Waals surface area contributed by atoms with Crippen molar-refractivity contribution in [1.29, 1.82) is 0 Å². The van der Waals surface area contributed by atoms with E-state index in [0.717, 1.165) is 5.56 Å². The summed E-state index contributed by atoms with van der Waals surface area (Å²) in [5.74, 6) is -0.482. The van der Waals surface area contributed by atoms with Gasteiger partial charge in [0.15, 0.2) is 5.76 Å². The molecule has 34 heavy (non-hydrogen) atoms. The van der Waals surface area contributed by atoms with Gasteiger partial charge in [0.25, 0.3) is 21.8 Å². The number of benzene rings is 3. The molecule has 0 fully saturated rings. The van der Waals surface area contributed by atoms with Crippen molar-refractivity contribution in [2.24, 2.45) is 0 Å². The number of hydrogen-bond acceptors (Lipinski definition) is 5. The summed E-state index contributed by atoms with van der Waals surface area (Å²) < 4.78 is 32.4. The van der Waals surface area contributed by atoms with Crippen molar-refractivity contribution in [3.05, 3.63) is 114 Å². The quantitative estimate of drug-likeness (QED) is 0.352. The third-order valence-corrected chi connectivity index (χ3v) is 6.23. The van der Waals surface area contributed by atoms with Crippen LogP contribution < -0.4 is 15.4 Å². The molecular formula is C25H21N3O5S. The molecule has 0 aliphatic heterocycles. The summed E-state index contributed by atoms with van der Waals surface area (Å²) >= 11 is 0. The minimum Gasteiger partial charge on any atom is -0.459 e. The molecule has 0 radical (unpaired) electrons. The van der Waals surface area contributed by atoms with Gasteiger partial charge in [0.2, 0.25) is 0 Å². The molecule has 0 unspecified atom stereocenters. The first kappa shape index (κ1) is 22.8. The van der Waals surface area contributed by atoms with Gasteiger partial charge in [0.05, 0.1) is 11.2 Å². The minimum atomic E-state index is -3.71. The Morgan fingerprint density at radius 3 is 2.24 bits per heavy atom. The van der Waals surface area contributed by atoms with Crippen molar-refractivity contribution in [2.75, 3.05) is 10.0 Å². The lowest BCUT2D eigenvalue weighted by Crippen LogP contribution is -2.23. The van der Waals surface area contributed by atoms with E-state index in [-0.39, 0.29) is 29.0 Å². The monoisotopic (exact) mass is 475 g/mol. The summed E-state index contributed by atoms with van der Waals surface area (Å²) in [4.78, 5) is 24.8. The van der Waals surface area contributed by atoms with E-state index in [2.05, 4.69) is 15.4 Å². The highest BCUT2D eigenvalue weighted by molar-refractivity contribution is 7.92. The van der Waals surface area contributed by atoms with Gasteiger partial charge in [-0.05, 0) is 66.2 Å². The summed E-state index contributed by atoms with van der Waals surface area (Å²) in [7, 11) is -3.71. The summed E-state index contributed by atoms with van der Waals surface area (Å²) in [6.45, 7) is 0.242. The highest BCUT2D eigenvalue weighted by Gasteiger charge is 2.14. The Hall–Kier alpha value is -4.37. The second-order valence-electron chi connectivity index (χ2n) is 7.31. The summed E-state index contributed by atoms with van der Waals surface area (Å²) in [6.07, 6.45) is 1.42. The van der Waals surface area contributed by atoms with Gasteiger partial charge in [-0.1, -0.05) is 30.3 Å². The molecule has 9 heteroatoms. The molecule has 8 nitrogen and oxygen atoms in total. The van der Waals surface area contributed by atoms with Crippen LogP contribution >= 0.6 is 0 Å². The van der Waals surface area contributed by atoms with Crippen LogP contribution in [0.4, 0.5) is 11.4 Å². The van der Waals surface area contributed by atoms with Crippen LogP contribution in [0.25, 0.3) is 0 Å². The molecule has 3 aromatic carbocycles. The Labute approximate surface area is 196 Å². The van der Waals surface area contributed by atoms with E-state index in [1.54, 1.807) is 48.5 Å². The van der Waals surface area contributed by atoms with Crippen molar-refractivity contribution in [1.82, 2.24) is 5.32 Å². The van der Waals surface area contributed by atoms with E-state index in [0.29, 0.717) is 16.9 Å². The molecule has 0 aliphatic carbocycles. The Balaban J connectivity index is 1.34. The fourth-order valence-corrected chi connectivity index (χ4v) is 4.23. The maximum absolute atomic E-state index is 12.5. The second-order valence-corrected chi connectivity index (χ2v) is 8.99. The Morgan fingerprint density at radius 2 is 1.53 bits per heavy atom. The van der Waals surface area contributed by atoms with Crippen molar-refractivity contribution >= 4 is 33.2 Å². The Kier molecular flexibility index (Phi) is 6.74. The number of carbonyl (C=O) groups excluding carboxylic acids is 2. The number of carbonyl (C=O) groups is 2. The number of rotatable bonds is 8. The van der Waals surface area contributed by atoms with Crippen LogP contribution in [0.1, 0.15) is 26.5 Å². The maximum Gasteiger partial charge on any atom is 0.291 e. The SMILES string of the molecule is O=C(NCc1cccc(NC(=O)c2ccco2)c1)c1ccc(NS(=O)(=O)c2ccccc2)cc1. The first-order valence-electron chi connectivity index (χ1n) is 10.3. The van der Waals surface area contributed by atoms with Crippen LogP contribution in [-0.2, 0) is 16.6 Å². The van der Waals surface area contributed by atoms with Crippen molar-refractivity contribution in [3.8, 4) is 0 Å². The van der Waals surface area contributed by atoms with Crippen LogP contribution in [0.15, 0.2) is 107 Å². The van der Waals surface area contributed by atoms with Gasteiger partial charge in [-0.25, -0.2) is 8.42 Å². The third kappa shape index (κ3) is 5.70. The molecule has 0 bridgehead atoms. The molecular weight excluding hydrogens is 454 g/mol. The number of nitrogens with one attached hydrogen (secondary N) is 3. The maximum atomic E-state index is 12.5. The smallest absolute Gasteiger partial charge is 0.291 e. The van der Waals surface area contributed by atoms with Crippen molar-refractivity contribution < 1.29 is 22.4 Å². The predicted octanol–water partition coefficient (Wildman–Crippen LogP) is 4.26. The molecule has 0 saturated heterocycles. The number of hydrogen-bond donors (Lipinski definition) is 3. The Morgan fingerprint density at radius 1 is 0.765 bits per heavy atom. The third-order valence-electron chi connectivity index (χ3n) is 4.84. The molecule has 2 amide bonds. The fraction of sp³-hybridized carbons (Fsp3) is 0.0400. The zero-order valence-corrected chi connectivity index (χ0v) is 18.7. The average Bonchev–Trinajstić information content (AvgIpc) is 3.39. The van der Waals surface area contributed by atoms with Crippen LogP contribution in [0.5, 0.6) is 0 Å². The van der Waals surface area contributed by atoms with Gasteiger partial charge in [0, 0.05) is 23.5 Å². The molecule has 4 aromatic rings. The van der Waals surface area contributed by atoms with Crippen LogP contribution in [0, 0.1) is 0 Å². The van der Waals surface area contributed by atoms with Gasteiger partial charge in [-0.15, -0.1) is 0 Å². The van der Waals surface area contributed by atoms with Gasteiger partial charge in [-0.2, -0.15) is 0 Å². The van der Waals surface area contributed by atoms with E-state index in [4.69, 9.17) is 4.42 Å². The fourth-order valence-electron chi connectivity index (χ4n) is 3.15. The molecule has 0 atom stereocenters. The molecule has 0 spiro atoms. The van der Waals surface area contributed by atoms with E-state index in [1.807, 2.05) is 6.07 Å². The van der Waals surface area contributed by atoms with Gasteiger partial charge in [-0.3, -0.25) is 14.3 Å². The standard InChI is InChI=1S/C25H21N3O5S/c29-24(19-11-13-20(14-12-19)28-34(31,32)22-8-2-1-3-9-22)26-17-18-6-4-7-21(16-18)27-25(30)23-10-5-15-33-23/h1-16,28H,17H2,(H,26,29)(H,27,30). The first-order valence-corrected chi connectivity index (χ1v) is 11.8. The van der Waals surface area contributed by atoms with Crippen molar-refractivity contribution in [3.63, 3.8) is 0 Å². The molecule has 1 aromatic heterocycles. The van der Waals surface area contributed by atoms with Gasteiger partial charge in [0.1, 0.15) is 0 Å². The van der Waals surface area contributed by atoms with E-state index in [1.165, 1.54) is 42.7 Å². The molecule has 172 valence electrons. The first-order chi connectivity index (χ1) is 16.4. The zero-order chi connectivity index (χ0) is 24.0. The van der Waals surface area contributed by atoms with Crippen molar-refractivity contribution in [2.45, 2.75) is 11.4 Å². The molecule has 3 N–H and O–H groups in total. The predicted molar refractivity (Wildman–Crippen MR) is 128 cm³/mol. The van der Waals surface area contributed by atoms with Crippen LogP contribution in [0.2, 0.25) is 0 Å². The van der Waals surface area contributed by atoms with Gasteiger partial charge < -0.3 is 15.1 Å². The Bertz CT molecular complexity index is 1380. The number of anilines is 2. The zero-order valence-electron chi connectivity index (χ0n) is 17.9. The molecule has 0 saturated carbocycles. The lowest BCUT2D eigenvalue weighted by Gasteiger charge is -2.10. The molecule has 0 aliphatic rings. The highest BCUT2D eigenvalue weighted by atomic mass is 32.2. The molecule has 4 rings (SSSR count). The number of sulfonamides is 1. The number of furan rings is 1. The van der Waals surface area contributed by atoms with E-state index < -0.39 is 10.0 Å². The van der Waals surface area contributed by atoms with Crippen LogP contribution in [-0.4, -0.2) is 20.2 Å². The van der Waals surface area contributed by atoms with E-state index in [9.17, 15) is 18.0 Å². The summed E-state index contributed by atoms with van der Waals surface area (Å²) in [5.41, 5.74) is 2.09. The largest absolute Gasteiger partial charge is 0.459 e. The molecule has 1 heterocycles. The van der Waals surface area contributed by atoms with Crippen LogP contribution in [0.3, 0.4) is 0 Å². The number of amides is 2. The summed E-state index contributed by atoms with van der Waals surface area (Å²) in [6, 6.07) is 24.4. The topological polar surface area (TPSA) is 118 Å². The highest BCUT2D eigenvalue weighted by Crippen LogP contribution is 2.17. The lowest BCUT2D eigenvalue weighted by molar-refractivity contribution is 0.0949.